The highest BCUT2D eigenvalue weighted by Gasteiger charge is 2.22. The second-order valence-electron chi connectivity index (χ2n) is 7.26. The molecule has 0 radical (unpaired) electrons. The number of hydrogen-bond acceptors (Lipinski definition) is 3. The monoisotopic (exact) mass is 362 g/mol. The summed E-state index contributed by atoms with van der Waals surface area (Å²) in [5.41, 5.74) is 4.46. The van der Waals surface area contributed by atoms with Crippen LogP contribution < -0.4 is 0 Å². The summed E-state index contributed by atoms with van der Waals surface area (Å²) in [4.78, 5) is 17.2. The van der Waals surface area contributed by atoms with E-state index in [9.17, 15) is 4.79 Å². The average Bonchev–Trinajstić information content (AvgIpc) is 3.11. The number of carbonyl (C=O) groups is 1. The molecule has 0 spiro atoms. The van der Waals surface area contributed by atoms with Crippen LogP contribution in [0.3, 0.4) is 0 Å². The van der Waals surface area contributed by atoms with Gasteiger partial charge in [-0.3, -0.25) is 9.69 Å². The van der Waals surface area contributed by atoms with Gasteiger partial charge in [0, 0.05) is 43.7 Å². The van der Waals surface area contributed by atoms with Gasteiger partial charge in [-0.1, -0.05) is 43.3 Å². The highest BCUT2D eigenvalue weighted by Crippen LogP contribution is 2.24. The van der Waals surface area contributed by atoms with Gasteiger partial charge >= 0.3 is 0 Å². The molecule has 4 nitrogen and oxygen atoms in total. The van der Waals surface area contributed by atoms with Gasteiger partial charge in [-0.2, -0.15) is 0 Å². The van der Waals surface area contributed by atoms with E-state index in [2.05, 4.69) is 48.2 Å². The minimum Gasteiger partial charge on any atom is -0.464 e. The van der Waals surface area contributed by atoms with Crippen LogP contribution in [-0.2, 0) is 24.2 Å². The van der Waals surface area contributed by atoms with E-state index in [4.69, 9.17) is 4.42 Å². The standard InChI is InChI=1S/C23H26N2O2/c1-2-18-8-9-22-21(14-18)20(17-27-22)15-23(26)25-12-10-24(11-13-25)16-19-6-4-3-5-7-19/h3-9,14,17H,2,10-13,15-16H2,1H3. The van der Waals surface area contributed by atoms with E-state index < -0.39 is 0 Å². The van der Waals surface area contributed by atoms with Crippen LogP contribution in [0.4, 0.5) is 0 Å². The van der Waals surface area contributed by atoms with E-state index in [1.165, 1.54) is 11.1 Å². The minimum absolute atomic E-state index is 0.193. The Kier molecular flexibility index (Phi) is 5.26. The van der Waals surface area contributed by atoms with Gasteiger partial charge in [0.25, 0.3) is 0 Å². The third-order valence-corrected chi connectivity index (χ3v) is 5.44. The zero-order chi connectivity index (χ0) is 18.6. The lowest BCUT2D eigenvalue weighted by atomic mass is 10.1. The molecular formula is C23H26N2O2. The normalized spacial score (nSPS) is 15.4. The highest BCUT2D eigenvalue weighted by molar-refractivity contribution is 5.88. The van der Waals surface area contributed by atoms with Crippen molar-refractivity contribution in [2.75, 3.05) is 26.2 Å². The number of aryl methyl sites for hydroxylation is 1. The Hall–Kier alpha value is -2.59. The Morgan fingerprint density at radius 2 is 1.78 bits per heavy atom. The van der Waals surface area contributed by atoms with Gasteiger partial charge in [-0.15, -0.1) is 0 Å². The maximum Gasteiger partial charge on any atom is 0.227 e. The molecule has 1 saturated heterocycles. The molecule has 0 atom stereocenters. The predicted molar refractivity (Wildman–Crippen MR) is 108 cm³/mol. The number of benzene rings is 2. The van der Waals surface area contributed by atoms with E-state index in [0.29, 0.717) is 6.42 Å². The van der Waals surface area contributed by atoms with Crippen molar-refractivity contribution < 1.29 is 9.21 Å². The molecule has 0 N–H and O–H groups in total. The van der Waals surface area contributed by atoms with Gasteiger partial charge in [0.15, 0.2) is 0 Å². The number of hydrogen-bond donors (Lipinski definition) is 0. The fourth-order valence-corrected chi connectivity index (χ4v) is 3.76. The second kappa shape index (κ2) is 7.97. The SMILES string of the molecule is CCc1ccc2occ(CC(=O)N3CCN(Cc4ccccc4)CC3)c2c1. The zero-order valence-corrected chi connectivity index (χ0v) is 15.9. The molecule has 1 fully saturated rings. The van der Waals surface area contributed by atoms with Crippen molar-refractivity contribution in [3.05, 3.63) is 71.5 Å². The summed E-state index contributed by atoms with van der Waals surface area (Å²) in [5, 5.41) is 1.07. The van der Waals surface area contributed by atoms with E-state index in [-0.39, 0.29) is 5.91 Å². The van der Waals surface area contributed by atoms with Crippen molar-refractivity contribution in [3.63, 3.8) is 0 Å². The van der Waals surface area contributed by atoms with E-state index in [1.54, 1.807) is 6.26 Å². The third-order valence-electron chi connectivity index (χ3n) is 5.44. The maximum absolute atomic E-state index is 12.8. The average molecular weight is 362 g/mol. The predicted octanol–water partition coefficient (Wildman–Crippen LogP) is 3.88. The van der Waals surface area contributed by atoms with Crippen molar-refractivity contribution in [1.82, 2.24) is 9.80 Å². The first-order valence-corrected chi connectivity index (χ1v) is 9.76. The molecule has 0 aliphatic carbocycles. The van der Waals surface area contributed by atoms with Gasteiger partial charge in [0.05, 0.1) is 12.7 Å². The quantitative estimate of drug-likeness (QED) is 0.691. The van der Waals surface area contributed by atoms with Crippen LogP contribution in [0.25, 0.3) is 11.0 Å². The molecule has 1 aliphatic rings. The summed E-state index contributed by atoms with van der Waals surface area (Å²) in [5.74, 6) is 0.193. The molecule has 2 aromatic carbocycles. The highest BCUT2D eigenvalue weighted by atomic mass is 16.3. The topological polar surface area (TPSA) is 36.7 Å². The Balaban J connectivity index is 1.36. The number of amides is 1. The first-order valence-electron chi connectivity index (χ1n) is 9.76. The molecule has 3 aromatic rings. The minimum atomic E-state index is 0.193. The molecule has 1 aromatic heterocycles. The first kappa shape index (κ1) is 17.8. The molecule has 4 rings (SSSR count). The van der Waals surface area contributed by atoms with Crippen LogP contribution >= 0.6 is 0 Å². The van der Waals surface area contributed by atoms with Crippen molar-refractivity contribution in [2.24, 2.45) is 0 Å². The van der Waals surface area contributed by atoms with E-state index in [1.807, 2.05) is 17.0 Å². The van der Waals surface area contributed by atoms with Gasteiger partial charge in [-0.25, -0.2) is 0 Å². The summed E-state index contributed by atoms with van der Waals surface area (Å²) in [6.07, 6.45) is 3.14. The number of furan rings is 1. The Labute approximate surface area is 160 Å². The van der Waals surface area contributed by atoms with Gasteiger partial charge < -0.3 is 9.32 Å². The lowest BCUT2D eigenvalue weighted by Gasteiger charge is -2.34. The first-order chi connectivity index (χ1) is 13.2. The fraction of sp³-hybridized carbons (Fsp3) is 0.348. The lowest BCUT2D eigenvalue weighted by molar-refractivity contribution is -0.132. The molecule has 27 heavy (non-hydrogen) atoms. The summed E-state index contributed by atoms with van der Waals surface area (Å²) in [6.45, 7) is 6.53. The van der Waals surface area contributed by atoms with Crippen LogP contribution in [0.2, 0.25) is 0 Å². The number of rotatable bonds is 5. The van der Waals surface area contributed by atoms with Gasteiger partial charge in [-0.05, 0) is 29.7 Å². The van der Waals surface area contributed by atoms with Crippen molar-refractivity contribution >= 4 is 16.9 Å². The van der Waals surface area contributed by atoms with Crippen LogP contribution in [0.15, 0.2) is 59.2 Å². The molecule has 0 saturated carbocycles. The Morgan fingerprint density at radius 1 is 1.00 bits per heavy atom. The van der Waals surface area contributed by atoms with Crippen LogP contribution in [-0.4, -0.2) is 41.9 Å². The van der Waals surface area contributed by atoms with Crippen LogP contribution in [0.1, 0.15) is 23.6 Å². The third kappa shape index (κ3) is 4.06. The van der Waals surface area contributed by atoms with E-state index in [0.717, 1.165) is 55.7 Å². The van der Waals surface area contributed by atoms with Crippen molar-refractivity contribution in [1.29, 1.82) is 0 Å². The second-order valence-corrected chi connectivity index (χ2v) is 7.26. The smallest absolute Gasteiger partial charge is 0.227 e. The zero-order valence-electron chi connectivity index (χ0n) is 15.9. The van der Waals surface area contributed by atoms with Crippen molar-refractivity contribution in [3.8, 4) is 0 Å². The summed E-state index contributed by atoms with van der Waals surface area (Å²) in [6, 6.07) is 16.8. The van der Waals surface area contributed by atoms with Gasteiger partial charge in [0.2, 0.25) is 5.91 Å². The van der Waals surface area contributed by atoms with E-state index >= 15 is 0 Å². The molecule has 0 unspecified atom stereocenters. The maximum atomic E-state index is 12.8. The molecule has 0 bridgehead atoms. The number of fused-ring (bicyclic) bond motifs is 1. The van der Waals surface area contributed by atoms with Crippen LogP contribution in [0, 0.1) is 0 Å². The summed E-state index contributed by atoms with van der Waals surface area (Å²) >= 11 is 0. The molecular weight excluding hydrogens is 336 g/mol. The molecule has 140 valence electrons. The summed E-state index contributed by atoms with van der Waals surface area (Å²) in [7, 11) is 0. The molecule has 2 heterocycles. The number of nitrogens with zero attached hydrogens (tertiary/aromatic N) is 2. The number of piperazine rings is 1. The van der Waals surface area contributed by atoms with Crippen LogP contribution in [0.5, 0.6) is 0 Å². The number of carbonyl (C=O) groups excluding carboxylic acids is 1. The molecule has 4 heteroatoms. The fourth-order valence-electron chi connectivity index (χ4n) is 3.76. The Bertz CT molecular complexity index is 909. The Morgan fingerprint density at radius 3 is 2.52 bits per heavy atom. The van der Waals surface area contributed by atoms with Crippen molar-refractivity contribution in [2.45, 2.75) is 26.3 Å². The largest absolute Gasteiger partial charge is 0.464 e. The lowest BCUT2D eigenvalue weighted by Crippen LogP contribution is -2.48. The summed E-state index contributed by atoms with van der Waals surface area (Å²) < 4.78 is 5.64. The molecule has 1 aliphatic heterocycles. The molecule has 1 amide bonds. The van der Waals surface area contributed by atoms with Gasteiger partial charge in [0.1, 0.15) is 5.58 Å².